The molecule has 2 aromatic rings. The Hall–Kier alpha value is -1.28. The smallest absolute Gasteiger partial charge is 0.193 e. The first kappa shape index (κ1) is 22.8. The number of nitrogens with zero attached hydrogens (tertiary/aromatic N) is 4. The second-order valence-corrected chi connectivity index (χ2v) is 6.68. The standard InChI is InChI=1S/C19H28ClN5.HI/c1-6-21-19(24(4)13-16-7-9-17(20)10-8-16)22-12-11-18-14(2)23-25(5)15(18)3;/h7-10H,6,11-13H2,1-5H3,(H,21,22);1H. The fraction of sp³-hybridized carbons (Fsp3) is 0.474. The van der Waals surface area contributed by atoms with Crippen LogP contribution in [0.5, 0.6) is 0 Å². The minimum absolute atomic E-state index is 0. The van der Waals surface area contributed by atoms with E-state index in [0.717, 1.165) is 42.7 Å². The van der Waals surface area contributed by atoms with E-state index in [9.17, 15) is 0 Å². The van der Waals surface area contributed by atoms with E-state index in [-0.39, 0.29) is 24.0 Å². The van der Waals surface area contributed by atoms with Crippen molar-refractivity contribution < 1.29 is 0 Å². The molecule has 0 saturated carbocycles. The molecule has 1 heterocycles. The Bertz CT molecular complexity index is 724. The molecule has 0 aliphatic carbocycles. The highest BCUT2D eigenvalue weighted by atomic mass is 127. The average Bonchev–Trinajstić information content (AvgIpc) is 2.82. The van der Waals surface area contributed by atoms with Gasteiger partial charge in [0.05, 0.1) is 5.69 Å². The summed E-state index contributed by atoms with van der Waals surface area (Å²) in [6.07, 6.45) is 0.898. The van der Waals surface area contributed by atoms with Gasteiger partial charge >= 0.3 is 0 Å². The highest BCUT2D eigenvalue weighted by Crippen LogP contribution is 2.13. The Morgan fingerprint density at radius 2 is 1.92 bits per heavy atom. The summed E-state index contributed by atoms with van der Waals surface area (Å²) in [5.74, 6) is 0.914. The lowest BCUT2D eigenvalue weighted by Crippen LogP contribution is -2.38. The van der Waals surface area contributed by atoms with Crippen molar-refractivity contribution in [3.8, 4) is 0 Å². The van der Waals surface area contributed by atoms with Crippen LogP contribution in [0, 0.1) is 13.8 Å². The van der Waals surface area contributed by atoms with Gasteiger partial charge < -0.3 is 10.2 Å². The van der Waals surface area contributed by atoms with E-state index >= 15 is 0 Å². The molecule has 0 bridgehead atoms. The molecule has 5 nitrogen and oxygen atoms in total. The lowest BCUT2D eigenvalue weighted by molar-refractivity contribution is 0.477. The van der Waals surface area contributed by atoms with Crippen LogP contribution in [0.15, 0.2) is 29.3 Å². The highest BCUT2D eigenvalue weighted by molar-refractivity contribution is 14.0. The van der Waals surface area contributed by atoms with Gasteiger partial charge in [0.1, 0.15) is 0 Å². The van der Waals surface area contributed by atoms with Crippen molar-refractivity contribution in [2.45, 2.75) is 33.7 Å². The number of aromatic nitrogens is 2. The summed E-state index contributed by atoms with van der Waals surface area (Å²) in [6, 6.07) is 7.93. The third kappa shape index (κ3) is 6.16. The van der Waals surface area contributed by atoms with Gasteiger partial charge in [-0.05, 0) is 50.5 Å². The number of halogens is 2. The lowest BCUT2D eigenvalue weighted by atomic mass is 10.1. The van der Waals surface area contributed by atoms with Crippen molar-refractivity contribution in [2.24, 2.45) is 12.0 Å². The maximum absolute atomic E-state index is 5.96. The van der Waals surface area contributed by atoms with Gasteiger partial charge in [0.25, 0.3) is 0 Å². The first-order valence-corrected chi connectivity index (χ1v) is 9.03. The molecule has 0 saturated heterocycles. The second-order valence-electron chi connectivity index (χ2n) is 6.24. The van der Waals surface area contributed by atoms with Crippen LogP contribution in [0.3, 0.4) is 0 Å². The van der Waals surface area contributed by atoms with E-state index in [4.69, 9.17) is 16.6 Å². The first-order chi connectivity index (χ1) is 11.9. The van der Waals surface area contributed by atoms with Gasteiger partial charge in [0.2, 0.25) is 0 Å². The number of guanidine groups is 1. The molecule has 0 spiro atoms. The molecule has 1 N–H and O–H groups in total. The molecular weight excluding hydrogens is 461 g/mol. The van der Waals surface area contributed by atoms with Crippen molar-refractivity contribution in [1.82, 2.24) is 20.0 Å². The fourth-order valence-electron chi connectivity index (χ4n) is 2.86. The van der Waals surface area contributed by atoms with Crippen molar-refractivity contribution in [3.63, 3.8) is 0 Å². The summed E-state index contributed by atoms with van der Waals surface area (Å²) >= 11 is 5.96. The monoisotopic (exact) mass is 489 g/mol. The zero-order valence-electron chi connectivity index (χ0n) is 16.2. The van der Waals surface area contributed by atoms with E-state index in [1.807, 2.05) is 36.0 Å². The van der Waals surface area contributed by atoms with Crippen molar-refractivity contribution in [2.75, 3.05) is 20.1 Å². The SMILES string of the molecule is CCNC(=NCCc1c(C)nn(C)c1C)N(C)Cc1ccc(Cl)cc1.I. The van der Waals surface area contributed by atoms with Gasteiger partial charge in [-0.1, -0.05) is 23.7 Å². The second kappa shape index (κ2) is 10.8. The Balaban J connectivity index is 0.00000338. The molecule has 0 fully saturated rings. The Labute approximate surface area is 178 Å². The highest BCUT2D eigenvalue weighted by Gasteiger charge is 2.10. The molecule has 0 amide bonds. The summed E-state index contributed by atoms with van der Waals surface area (Å²) in [6.45, 7) is 8.62. The van der Waals surface area contributed by atoms with Crippen LogP contribution in [-0.2, 0) is 20.0 Å². The maximum atomic E-state index is 5.96. The van der Waals surface area contributed by atoms with Gasteiger partial charge in [-0.3, -0.25) is 9.67 Å². The molecule has 144 valence electrons. The molecule has 7 heteroatoms. The maximum Gasteiger partial charge on any atom is 0.193 e. The van der Waals surface area contributed by atoms with E-state index < -0.39 is 0 Å². The molecular formula is C19H29ClIN5. The molecule has 1 aromatic heterocycles. The van der Waals surface area contributed by atoms with Gasteiger partial charge in [0, 0.05) is 44.4 Å². The van der Waals surface area contributed by atoms with Crippen LogP contribution >= 0.6 is 35.6 Å². The Morgan fingerprint density at radius 3 is 2.46 bits per heavy atom. The van der Waals surface area contributed by atoms with Gasteiger partial charge in [-0.15, -0.1) is 24.0 Å². The van der Waals surface area contributed by atoms with Gasteiger partial charge in [-0.25, -0.2) is 0 Å². The molecule has 0 atom stereocenters. The van der Waals surface area contributed by atoms with Crippen molar-refractivity contribution in [3.05, 3.63) is 51.8 Å². The predicted octanol–water partition coefficient (Wildman–Crippen LogP) is 3.95. The van der Waals surface area contributed by atoms with E-state index in [1.54, 1.807) is 0 Å². The minimum Gasteiger partial charge on any atom is -0.357 e. The third-order valence-corrected chi connectivity index (χ3v) is 4.56. The molecule has 26 heavy (non-hydrogen) atoms. The van der Waals surface area contributed by atoms with Crippen LogP contribution in [0.25, 0.3) is 0 Å². The number of hydrogen-bond donors (Lipinski definition) is 1. The normalized spacial score (nSPS) is 11.2. The Morgan fingerprint density at radius 1 is 1.27 bits per heavy atom. The zero-order valence-corrected chi connectivity index (χ0v) is 19.3. The topological polar surface area (TPSA) is 45.5 Å². The summed E-state index contributed by atoms with van der Waals surface area (Å²) < 4.78 is 1.94. The quantitative estimate of drug-likeness (QED) is 0.380. The van der Waals surface area contributed by atoms with E-state index in [1.165, 1.54) is 16.8 Å². The third-order valence-electron chi connectivity index (χ3n) is 4.31. The minimum atomic E-state index is 0. The summed E-state index contributed by atoms with van der Waals surface area (Å²) in [4.78, 5) is 6.92. The Kier molecular flexibility index (Phi) is 9.43. The summed E-state index contributed by atoms with van der Waals surface area (Å²) in [5.41, 5.74) is 4.81. The molecule has 0 unspecified atom stereocenters. The van der Waals surface area contributed by atoms with Crippen molar-refractivity contribution in [1.29, 1.82) is 0 Å². The molecule has 0 radical (unpaired) electrons. The average molecular weight is 490 g/mol. The van der Waals surface area contributed by atoms with Gasteiger partial charge in [0.15, 0.2) is 5.96 Å². The van der Waals surface area contributed by atoms with Gasteiger partial charge in [-0.2, -0.15) is 5.10 Å². The van der Waals surface area contributed by atoms with Crippen LogP contribution in [0.2, 0.25) is 5.02 Å². The largest absolute Gasteiger partial charge is 0.357 e. The predicted molar refractivity (Wildman–Crippen MR) is 121 cm³/mol. The van der Waals surface area contributed by atoms with Crippen LogP contribution in [0.4, 0.5) is 0 Å². The van der Waals surface area contributed by atoms with Crippen LogP contribution in [-0.4, -0.2) is 40.8 Å². The zero-order chi connectivity index (χ0) is 18.4. The number of aryl methyl sites for hydroxylation is 2. The van der Waals surface area contributed by atoms with E-state index in [2.05, 4.69) is 43.1 Å². The van der Waals surface area contributed by atoms with E-state index in [0.29, 0.717) is 0 Å². The van der Waals surface area contributed by atoms with Crippen LogP contribution in [0.1, 0.15) is 29.4 Å². The van der Waals surface area contributed by atoms with Crippen LogP contribution < -0.4 is 5.32 Å². The molecule has 2 rings (SSSR count). The number of rotatable bonds is 6. The number of hydrogen-bond acceptors (Lipinski definition) is 2. The molecule has 1 aromatic carbocycles. The summed E-state index contributed by atoms with van der Waals surface area (Å²) in [7, 11) is 4.04. The lowest BCUT2D eigenvalue weighted by Gasteiger charge is -2.22. The number of aliphatic imine (C=N–C) groups is 1. The molecule has 0 aliphatic rings. The molecule has 0 aliphatic heterocycles. The number of nitrogens with one attached hydrogen (secondary N) is 1. The summed E-state index contributed by atoms with van der Waals surface area (Å²) in [5, 5.41) is 8.60. The van der Waals surface area contributed by atoms with Crippen molar-refractivity contribution >= 4 is 41.5 Å². The first-order valence-electron chi connectivity index (χ1n) is 8.65. The fourth-order valence-corrected chi connectivity index (χ4v) is 2.99. The number of benzene rings is 1.